The molecule has 2 unspecified atom stereocenters. The van der Waals surface area contributed by atoms with Gasteiger partial charge in [-0.15, -0.1) is 0 Å². The lowest BCUT2D eigenvalue weighted by Crippen LogP contribution is -2.52. The quantitative estimate of drug-likeness (QED) is 0.884. The Balaban J connectivity index is 2.66. The van der Waals surface area contributed by atoms with Crippen LogP contribution in [0.4, 0.5) is 0 Å². The van der Waals surface area contributed by atoms with Gasteiger partial charge in [0.05, 0.1) is 6.07 Å². The van der Waals surface area contributed by atoms with Crippen LogP contribution in [0.5, 0.6) is 5.75 Å². The summed E-state index contributed by atoms with van der Waals surface area (Å²) in [6, 6.07) is 11.3. The molecule has 1 rings (SSSR count). The van der Waals surface area contributed by atoms with Crippen LogP contribution in [-0.2, 0) is 4.79 Å². The number of carbonyl (C=O) groups is 1. The molecule has 0 aliphatic rings. The van der Waals surface area contributed by atoms with Crippen LogP contribution in [-0.4, -0.2) is 17.6 Å². The number of rotatable bonds is 5. The topological polar surface area (TPSA) is 62.1 Å². The summed E-state index contributed by atoms with van der Waals surface area (Å²) in [5.41, 5.74) is -0.884. The first-order chi connectivity index (χ1) is 8.89. The Morgan fingerprint density at radius 3 is 2.37 bits per heavy atom. The van der Waals surface area contributed by atoms with Crippen LogP contribution in [0.1, 0.15) is 27.7 Å². The smallest absolute Gasteiger partial charge is 0.262 e. The average molecular weight is 260 g/mol. The van der Waals surface area contributed by atoms with Crippen molar-refractivity contribution < 1.29 is 9.53 Å². The van der Waals surface area contributed by atoms with Gasteiger partial charge in [-0.25, -0.2) is 0 Å². The van der Waals surface area contributed by atoms with Crippen LogP contribution in [0.3, 0.4) is 0 Å². The van der Waals surface area contributed by atoms with E-state index in [2.05, 4.69) is 11.4 Å². The summed E-state index contributed by atoms with van der Waals surface area (Å²) < 4.78 is 5.52. The first-order valence-electron chi connectivity index (χ1n) is 6.34. The van der Waals surface area contributed by atoms with Gasteiger partial charge in [0.2, 0.25) is 0 Å². The highest BCUT2D eigenvalue weighted by Gasteiger charge is 2.32. The van der Waals surface area contributed by atoms with E-state index in [0.717, 1.165) is 0 Å². The van der Waals surface area contributed by atoms with Crippen LogP contribution in [0, 0.1) is 17.2 Å². The summed E-state index contributed by atoms with van der Waals surface area (Å²) in [5.74, 6) is 0.361. The van der Waals surface area contributed by atoms with Crippen LogP contribution in [0.25, 0.3) is 0 Å². The van der Waals surface area contributed by atoms with Gasteiger partial charge >= 0.3 is 0 Å². The maximum atomic E-state index is 12.0. The molecule has 0 radical (unpaired) electrons. The Kier molecular flexibility index (Phi) is 4.94. The maximum absolute atomic E-state index is 12.0. The molecule has 1 aromatic carbocycles. The van der Waals surface area contributed by atoms with Gasteiger partial charge < -0.3 is 10.1 Å². The monoisotopic (exact) mass is 260 g/mol. The second-order valence-corrected chi connectivity index (χ2v) is 5.03. The largest absolute Gasteiger partial charge is 0.481 e. The Morgan fingerprint density at radius 1 is 1.32 bits per heavy atom. The summed E-state index contributed by atoms with van der Waals surface area (Å²) in [6.07, 6.45) is -0.645. The Labute approximate surface area is 114 Å². The summed E-state index contributed by atoms with van der Waals surface area (Å²) >= 11 is 0. The van der Waals surface area contributed by atoms with Crippen molar-refractivity contribution in [1.82, 2.24) is 5.32 Å². The molecule has 0 saturated heterocycles. The summed E-state index contributed by atoms with van der Waals surface area (Å²) in [5, 5.41) is 11.9. The molecular weight excluding hydrogens is 240 g/mol. The second-order valence-electron chi connectivity index (χ2n) is 5.03. The van der Waals surface area contributed by atoms with Gasteiger partial charge in [-0.2, -0.15) is 5.26 Å². The van der Waals surface area contributed by atoms with Gasteiger partial charge in [0.1, 0.15) is 11.3 Å². The highest BCUT2D eigenvalue weighted by molar-refractivity contribution is 5.81. The zero-order valence-corrected chi connectivity index (χ0v) is 11.8. The molecule has 0 aliphatic heterocycles. The third kappa shape index (κ3) is 3.99. The van der Waals surface area contributed by atoms with Crippen LogP contribution in [0.15, 0.2) is 30.3 Å². The molecule has 1 amide bonds. The summed E-state index contributed by atoms with van der Waals surface area (Å²) in [6.45, 7) is 7.17. The van der Waals surface area contributed by atoms with Crippen molar-refractivity contribution in [2.75, 3.05) is 0 Å². The average Bonchev–Trinajstić information content (AvgIpc) is 2.39. The fourth-order valence-electron chi connectivity index (χ4n) is 1.42. The molecular formula is C15H20N2O2. The number of nitrogens with zero attached hydrogens (tertiary/aromatic N) is 1. The molecule has 0 bridgehead atoms. The lowest BCUT2D eigenvalue weighted by atomic mass is 9.90. The van der Waals surface area contributed by atoms with Gasteiger partial charge in [-0.3, -0.25) is 4.79 Å². The lowest BCUT2D eigenvalue weighted by molar-refractivity contribution is -0.128. The van der Waals surface area contributed by atoms with Gasteiger partial charge in [0.25, 0.3) is 5.91 Å². The number of ether oxygens (including phenoxy) is 1. The van der Waals surface area contributed by atoms with E-state index in [0.29, 0.717) is 5.75 Å². The van der Waals surface area contributed by atoms with Gasteiger partial charge in [0.15, 0.2) is 6.10 Å². The van der Waals surface area contributed by atoms with E-state index in [1.807, 2.05) is 32.0 Å². The third-order valence-electron chi connectivity index (χ3n) is 3.20. The number of para-hydroxylation sites is 1. The van der Waals surface area contributed by atoms with E-state index in [-0.39, 0.29) is 11.8 Å². The fraction of sp³-hybridized carbons (Fsp3) is 0.467. The molecule has 0 heterocycles. The number of nitriles is 1. The van der Waals surface area contributed by atoms with Gasteiger partial charge in [0, 0.05) is 0 Å². The van der Waals surface area contributed by atoms with E-state index < -0.39 is 11.6 Å². The van der Waals surface area contributed by atoms with Crippen molar-refractivity contribution in [2.24, 2.45) is 5.92 Å². The van der Waals surface area contributed by atoms with E-state index >= 15 is 0 Å². The molecule has 0 aromatic heterocycles. The van der Waals surface area contributed by atoms with Crippen LogP contribution >= 0.6 is 0 Å². The van der Waals surface area contributed by atoms with E-state index in [1.54, 1.807) is 26.0 Å². The molecule has 102 valence electrons. The molecule has 4 heteroatoms. The van der Waals surface area contributed by atoms with Crippen molar-refractivity contribution >= 4 is 5.91 Å². The lowest BCUT2D eigenvalue weighted by Gasteiger charge is -2.28. The van der Waals surface area contributed by atoms with Crippen LogP contribution < -0.4 is 10.1 Å². The van der Waals surface area contributed by atoms with Crippen molar-refractivity contribution in [3.8, 4) is 11.8 Å². The van der Waals surface area contributed by atoms with Gasteiger partial charge in [-0.05, 0) is 31.9 Å². The number of carbonyl (C=O) groups excluding carboxylic acids is 1. The zero-order valence-electron chi connectivity index (χ0n) is 11.8. The fourth-order valence-corrected chi connectivity index (χ4v) is 1.42. The van der Waals surface area contributed by atoms with Crippen molar-refractivity contribution in [1.29, 1.82) is 5.26 Å². The molecule has 0 aliphatic carbocycles. The maximum Gasteiger partial charge on any atom is 0.262 e. The molecule has 1 aromatic rings. The Morgan fingerprint density at radius 2 is 1.89 bits per heavy atom. The van der Waals surface area contributed by atoms with Crippen molar-refractivity contribution in [3.63, 3.8) is 0 Å². The predicted octanol–water partition coefficient (Wildman–Crippen LogP) is 2.51. The first-order valence-corrected chi connectivity index (χ1v) is 6.34. The summed E-state index contributed by atoms with van der Waals surface area (Å²) in [4.78, 5) is 12.0. The number of hydrogen-bond acceptors (Lipinski definition) is 3. The highest BCUT2D eigenvalue weighted by Crippen LogP contribution is 2.16. The molecule has 0 fully saturated rings. The molecule has 19 heavy (non-hydrogen) atoms. The highest BCUT2D eigenvalue weighted by atomic mass is 16.5. The number of hydrogen-bond donors (Lipinski definition) is 1. The number of nitrogens with one attached hydrogen (secondary N) is 1. The standard InChI is InChI=1S/C15H20N2O2/c1-11(2)15(4,10-16)17-14(18)12(3)19-13-8-6-5-7-9-13/h5-9,11-12H,1-4H3,(H,17,18). The molecule has 0 saturated carbocycles. The number of amides is 1. The predicted molar refractivity (Wildman–Crippen MR) is 73.5 cm³/mol. The first kappa shape index (κ1) is 15.0. The van der Waals surface area contributed by atoms with Crippen LogP contribution in [0.2, 0.25) is 0 Å². The van der Waals surface area contributed by atoms with E-state index in [9.17, 15) is 10.1 Å². The van der Waals surface area contributed by atoms with Crippen molar-refractivity contribution in [3.05, 3.63) is 30.3 Å². The molecule has 4 nitrogen and oxygen atoms in total. The minimum atomic E-state index is -0.884. The summed E-state index contributed by atoms with van der Waals surface area (Å²) in [7, 11) is 0. The van der Waals surface area contributed by atoms with E-state index in [4.69, 9.17) is 4.74 Å². The van der Waals surface area contributed by atoms with Gasteiger partial charge in [-0.1, -0.05) is 32.0 Å². The molecule has 1 N–H and O–H groups in total. The Hall–Kier alpha value is -2.02. The van der Waals surface area contributed by atoms with Crippen molar-refractivity contribution in [2.45, 2.75) is 39.3 Å². The molecule has 0 spiro atoms. The molecule has 2 atom stereocenters. The normalized spacial score (nSPS) is 15.2. The van der Waals surface area contributed by atoms with E-state index in [1.165, 1.54) is 0 Å². The zero-order chi connectivity index (χ0) is 14.5. The third-order valence-corrected chi connectivity index (χ3v) is 3.20. The number of benzene rings is 1. The Bertz CT molecular complexity index is 465. The second kappa shape index (κ2) is 6.24. The SMILES string of the molecule is CC(Oc1ccccc1)C(=O)NC(C)(C#N)C(C)C. The minimum Gasteiger partial charge on any atom is -0.481 e. The minimum absolute atomic E-state index is 0.0189.